The second-order valence-electron chi connectivity index (χ2n) is 7.31. The predicted molar refractivity (Wildman–Crippen MR) is 131 cm³/mol. The number of thiazole rings is 1. The zero-order chi connectivity index (χ0) is 22.0. The second kappa shape index (κ2) is 9.42. The summed E-state index contributed by atoms with van der Waals surface area (Å²) in [4.78, 5) is 20.9. The van der Waals surface area contributed by atoms with Crippen LogP contribution in [0, 0.1) is 20.8 Å². The Balaban J connectivity index is 1.60. The normalized spacial score (nSPS) is 11.2. The van der Waals surface area contributed by atoms with Crippen LogP contribution in [0.2, 0.25) is 5.02 Å². The maximum atomic E-state index is 13.3. The van der Waals surface area contributed by atoms with Gasteiger partial charge in [0, 0.05) is 22.2 Å². The number of amides is 1. The van der Waals surface area contributed by atoms with E-state index in [9.17, 15) is 4.79 Å². The van der Waals surface area contributed by atoms with Crippen LogP contribution >= 0.6 is 34.7 Å². The average Bonchev–Trinajstić information content (AvgIpc) is 3.33. The first-order valence-electron chi connectivity index (χ1n) is 9.97. The van der Waals surface area contributed by atoms with Gasteiger partial charge in [0.2, 0.25) is 5.91 Å². The van der Waals surface area contributed by atoms with Gasteiger partial charge in [0.05, 0.1) is 28.2 Å². The van der Waals surface area contributed by atoms with E-state index in [0.717, 1.165) is 32.1 Å². The lowest BCUT2D eigenvalue weighted by Gasteiger charge is -2.20. The standard InChI is InChI=1S/C23H23ClN4OS2/c1-15-13-16(2)28(26-15)12-11-27(21(29)14-30-18-7-5-4-6-8-18)23-25-22-17(3)19(24)9-10-20(22)31-23/h4-10,13H,11-12,14H2,1-3H3. The molecule has 2 heterocycles. The molecule has 0 radical (unpaired) electrons. The zero-order valence-electron chi connectivity index (χ0n) is 17.6. The number of carbonyl (C=O) groups is 1. The zero-order valence-corrected chi connectivity index (χ0v) is 20.0. The van der Waals surface area contributed by atoms with Gasteiger partial charge in [-0.3, -0.25) is 14.4 Å². The molecule has 0 aliphatic rings. The van der Waals surface area contributed by atoms with E-state index in [0.29, 0.717) is 29.0 Å². The van der Waals surface area contributed by atoms with Crippen LogP contribution in [-0.2, 0) is 11.3 Å². The number of hydrogen-bond acceptors (Lipinski definition) is 5. The monoisotopic (exact) mass is 470 g/mol. The maximum Gasteiger partial charge on any atom is 0.239 e. The highest BCUT2D eigenvalue weighted by Gasteiger charge is 2.21. The molecule has 5 nitrogen and oxygen atoms in total. The lowest BCUT2D eigenvalue weighted by molar-refractivity contribution is -0.116. The second-order valence-corrected chi connectivity index (χ2v) is 9.78. The van der Waals surface area contributed by atoms with Crippen LogP contribution in [0.5, 0.6) is 0 Å². The Morgan fingerprint density at radius 1 is 1.16 bits per heavy atom. The quantitative estimate of drug-likeness (QED) is 0.316. The summed E-state index contributed by atoms with van der Waals surface area (Å²) in [6.45, 7) is 7.07. The number of rotatable bonds is 7. The Bertz CT molecular complexity index is 1220. The smallest absolute Gasteiger partial charge is 0.239 e. The number of fused-ring (bicyclic) bond motifs is 1. The molecule has 4 aromatic rings. The van der Waals surface area contributed by atoms with Crippen molar-refractivity contribution in [3.05, 3.63) is 70.5 Å². The van der Waals surface area contributed by atoms with Gasteiger partial charge in [-0.2, -0.15) is 5.10 Å². The summed E-state index contributed by atoms with van der Waals surface area (Å²) in [7, 11) is 0. The van der Waals surface area contributed by atoms with E-state index in [2.05, 4.69) is 5.10 Å². The van der Waals surface area contributed by atoms with Crippen molar-refractivity contribution in [1.29, 1.82) is 0 Å². The summed E-state index contributed by atoms with van der Waals surface area (Å²) >= 11 is 9.34. The number of nitrogens with zero attached hydrogens (tertiary/aromatic N) is 4. The summed E-state index contributed by atoms with van der Waals surface area (Å²) in [6.07, 6.45) is 0. The number of thioether (sulfide) groups is 1. The first-order chi connectivity index (χ1) is 14.9. The van der Waals surface area contributed by atoms with Crippen molar-refractivity contribution in [2.24, 2.45) is 0 Å². The van der Waals surface area contributed by atoms with Crippen LogP contribution < -0.4 is 4.90 Å². The number of halogens is 1. The summed E-state index contributed by atoms with van der Waals surface area (Å²) in [5.41, 5.74) is 3.84. The first kappa shape index (κ1) is 21.9. The number of aryl methyl sites for hydroxylation is 3. The minimum atomic E-state index is 0.0261. The van der Waals surface area contributed by atoms with Crippen LogP contribution in [0.4, 0.5) is 5.13 Å². The van der Waals surface area contributed by atoms with Crippen molar-refractivity contribution in [3.8, 4) is 0 Å². The third kappa shape index (κ3) is 4.95. The minimum Gasteiger partial charge on any atom is -0.285 e. The maximum absolute atomic E-state index is 13.3. The molecule has 8 heteroatoms. The molecular formula is C23H23ClN4OS2. The Morgan fingerprint density at radius 3 is 2.65 bits per heavy atom. The number of hydrogen-bond donors (Lipinski definition) is 0. The average molecular weight is 471 g/mol. The van der Waals surface area contributed by atoms with Crippen molar-refractivity contribution in [2.75, 3.05) is 17.2 Å². The summed E-state index contributed by atoms with van der Waals surface area (Å²) in [5, 5.41) is 5.92. The fourth-order valence-electron chi connectivity index (χ4n) is 3.37. The highest BCUT2D eigenvalue weighted by Crippen LogP contribution is 2.34. The predicted octanol–water partition coefficient (Wildman–Crippen LogP) is 5.90. The molecule has 4 rings (SSSR count). The number of benzene rings is 2. The van der Waals surface area contributed by atoms with Gasteiger partial charge in [-0.15, -0.1) is 11.8 Å². The number of anilines is 1. The molecule has 0 saturated carbocycles. The van der Waals surface area contributed by atoms with Gasteiger partial charge in [0.1, 0.15) is 0 Å². The Kier molecular flexibility index (Phi) is 6.65. The third-order valence-corrected chi connectivity index (χ3v) is 7.46. The van der Waals surface area contributed by atoms with E-state index in [4.69, 9.17) is 16.6 Å². The number of aromatic nitrogens is 3. The molecule has 160 valence electrons. The molecule has 0 aliphatic heterocycles. The molecule has 0 unspecified atom stereocenters. The molecule has 0 N–H and O–H groups in total. The SMILES string of the molecule is Cc1cc(C)n(CCN(C(=O)CSc2ccccc2)c2nc3c(C)c(Cl)ccc3s2)n1. The van der Waals surface area contributed by atoms with Crippen LogP contribution in [0.3, 0.4) is 0 Å². The molecule has 0 aliphatic carbocycles. The van der Waals surface area contributed by atoms with Crippen LogP contribution in [0.15, 0.2) is 53.4 Å². The van der Waals surface area contributed by atoms with Crippen LogP contribution in [-0.4, -0.2) is 33.0 Å². The Morgan fingerprint density at radius 2 is 1.94 bits per heavy atom. The van der Waals surface area contributed by atoms with Gasteiger partial charge in [-0.25, -0.2) is 4.98 Å². The molecule has 0 atom stereocenters. The van der Waals surface area contributed by atoms with E-state index >= 15 is 0 Å². The van der Waals surface area contributed by atoms with Gasteiger partial charge in [-0.05, 0) is 56.7 Å². The molecular weight excluding hydrogens is 448 g/mol. The number of carbonyl (C=O) groups excluding carboxylic acids is 1. The van der Waals surface area contributed by atoms with Gasteiger partial charge in [-0.1, -0.05) is 41.1 Å². The van der Waals surface area contributed by atoms with Crippen LogP contribution in [0.1, 0.15) is 17.0 Å². The van der Waals surface area contributed by atoms with E-state index in [-0.39, 0.29) is 5.91 Å². The fraction of sp³-hybridized carbons (Fsp3) is 0.261. The van der Waals surface area contributed by atoms with E-state index in [1.165, 1.54) is 23.1 Å². The summed E-state index contributed by atoms with van der Waals surface area (Å²) in [6, 6.07) is 15.9. The van der Waals surface area contributed by atoms with Crippen molar-refractivity contribution in [1.82, 2.24) is 14.8 Å². The van der Waals surface area contributed by atoms with Crippen molar-refractivity contribution >= 4 is 56.0 Å². The van der Waals surface area contributed by atoms with Gasteiger partial charge in [0.15, 0.2) is 5.13 Å². The molecule has 1 amide bonds. The van der Waals surface area contributed by atoms with Crippen molar-refractivity contribution in [2.45, 2.75) is 32.2 Å². The summed E-state index contributed by atoms with van der Waals surface area (Å²) < 4.78 is 2.96. The van der Waals surface area contributed by atoms with Crippen molar-refractivity contribution < 1.29 is 4.79 Å². The van der Waals surface area contributed by atoms with Gasteiger partial charge in [0.25, 0.3) is 0 Å². The van der Waals surface area contributed by atoms with Gasteiger partial charge >= 0.3 is 0 Å². The van der Waals surface area contributed by atoms with E-state index in [1.54, 1.807) is 4.90 Å². The molecule has 0 spiro atoms. The lowest BCUT2D eigenvalue weighted by atomic mass is 10.2. The molecule has 2 aromatic heterocycles. The van der Waals surface area contributed by atoms with Crippen molar-refractivity contribution in [3.63, 3.8) is 0 Å². The molecule has 0 fully saturated rings. The molecule has 0 saturated heterocycles. The topological polar surface area (TPSA) is 51.0 Å². The third-order valence-electron chi connectivity index (χ3n) is 5.01. The van der Waals surface area contributed by atoms with Crippen LogP contribution in [0.25, 0.3) is 10.2 Å². The highest BCUT2D eigenvalue weighted by molar-refractivity contribution is 8.00. The Labute approximate surface area is 195 Å². The fourth-order valence-corrected chi connectivity index (χ4v) is 5.38. The summed E-state index contributed by atoms with van der Waals surface area (Å²) in [5.74, 6) is 0.370. The molecule has 31 heavy (non-hydrogen) atoms. The first-order valence-corrected chi connectivity index (χ1v) is 12.2. The highest BCUT2D eigenvalue weighted by atomic mass is 35.5. The van der Waals surface area contributed by atoms with E-state index < -0.39 is 0 Å². The Hall–Kier alpha value is -2.35. The lowest BCUT2D eigenvalue weighted by Crippen LogP contribution is -2.35. The largest absolute Gasteiger partial charge is 0.285 e. The van der Waals surface area contributed by atoms with Gasteiger partial charge < -0.3 is 0 Å². The minimum absolute atomic E-state index is 0.0261. The molecule has 0 bridgehead atoms. The van der Waals surface area contributed by atoms with E-state index in [1.807, 2.05) is 74.0 Å². The molecule has 2 aromatic carbocycles.